The molecule has 0 fully saturated rings. The van der Waals surface area contributed by atoms with Gasteiger partial charge < -0.3 is 15.2 Å². The molecule has 0 aliphatic carbocycles. The molecule has 1 atom stereocenters. The lowest BCUT2D eigenvalue weighted by atomic mass is 10.2. The molecule has 4 heterocycles. The molecule has 4 aliphatic rings. The number of hydrogen-bond donors (Lipinski definition) is 2. The van der Waals surface area contributed by atoms with E-state index < -0.39 is 12.0 Å². The maximum absolute atomic E-state index is 11.0. The van der Waals surface area contributed by atoms with Crippen LogP contribution >= 0.6 is 23.1 Å². The maximum Gasteiger partial charge on any atom is 0.329 e. The molecule has 1 unspecified atom stereocenters. The molecule has 21 heavy (non-hydrogen) atoms. The number of nitrogens with one attached hydrogen (secondary N) is 1. The van der Waals surface area contributed by atoms with Crippen molar-refractivity contribution in [2.75, 3.05) is 24.2 Å². The number of thioether (sulfide) groups is 1. The van der Waals surface area contributed by atoms with E-state index in [1.165, 1.54) is 23.1 Å². The van der Waals surface area contributed by atoms with Gasteiger partial charge in [0, 0.05) is 17.9 Å². The summed E-state index contributed by atoms with van der Waals surface area (Å²) in [6.45, 7) is 1.46. The number of anilines is 1. The topological polar surface area (TPSA) is 83.8 Å². The molecule has 0 spiro atoms. The zero-order valence-electron chi connectivity index (χ0n) is 10.8. The molecule has 8 heteroatoms. The molecule has 0 radical (unpaired) electrons. The minimum absolute atomic E-state index is 0.471. The number of nitrogens with zero attached hydrogens (tertiary/aromatic N) is 2. The van der Waals surface area contributed by atoms with Crippen LogP contribution < -0.4 is 10.1 Å². The van der Waals surface area contributed by atoms with Crippen molar-refractivity contribution in [1.29, 1.82) is 0 Å². The van der Waals surface area contributed by atoms with E-state index in [4.69, 9.17) is 9.84 Å². The second-order valence-electron chi connectivity index (χ2n) is 4.72. The van der Waals surface area contributed by atoms with Gasteiger partial charge in [0.05, 0.1) is 11.4 Å². The zero-order valence-corrected chi connectivity index (χ0v) is 12.5. The normalized spacial score (nSPS) is 20.6. The number of fused-ring (bicyclic) bond motifs is 2. The van der Waals surface area contributed by atoms with Gasteiger partial charge in [-0.1, -0.05) is 11.3 Å². The maximum atomic E-state index is 11.0. The van der Waals surface area contributed by atoms with Crippen LogP contribution in [-0.2, 0) is 4.79 Å². The minimum Gasteiger partial charge on any atom is -0.480 e. The summed E-state index contributed by atoms with van der Waals surface area (Å²) in [5.41, 5.74) is 2.76. The quantitative estimate of drug-likeness (QED) is 0.880. The van der Waals surface area contributed by atoms with E-state index in [9.17, 15) is 4.79 Å². The molecule has 0 aromatic heterocycles. The van der Waals surface area contributed by atoms with Gasteiger partial charge >= 0.3 is 5.97 Å². The van der Waals surface area contributed by atoms with E-state index >= 15 is 0 Å². The van der Waals surface area contributed by atoms with Gasteiger partial charge in [0.1, 0.15) is 16.7 Å². The predicted octanol–water partition coefficient (Wildman–Crippen LogP) is 2.00. The van der Waals surface area contributed by atoms with Crippen LogP contribution in [0.4, 0.5) is 5.69 Å². The number of carboxylic acids is 1. The van der Waals surface area contributed by atoms with Gasteiger partial charge in [0.25, 0.3) is 0 Å². The smallest absolute Gasteiger partial charge is 0.329 e. The van der Waals surface area contributed by atoms with Crippen molar-refractivity contribution in [2.45, 2.75) is 6.04 Å². The highest BCUT2D eigenvalue weighted by molar-refractivity contribution is 8.14. The number of aliphatic carboxylic acids is 1. The van der Waals surface area contributed by atoms with Gasteiger partial charge in [-0.05, 0) is 12.1 Å². The van der Waals surface area contributed by atoms with Crippen LogP contribution in [0.15, 0.2) is 17.1 Å². The fourth-order valence-corrected chi connectivity index (χ4v) is 4.19. The number of aliphatic imine (C=N–C) groups is 1. The summed E-state index contributed by atoms with van der Waals surface area (Å²) in [6, 6.07) is 3.32. The fraction of sp³-hybridized carbons (Fsp3) is 0.308. The molecular formula is C13H11N3O3S2. The molecule has 0 saturated carbocycles. The van der Waals surface area contributed by atoms with Crippen LogP contribution in [0.25, 0.3) is 10.6 Å². The van der Waals surface area contributed by atoms with Gasteiger partial charge in [-0.25, -0.2) is 9.78 Å². The van der Waals surface area contributed by atoms with Crippen LogP contribution in [0, 0.1) is 0 Å². The highest BCUT2D eigenvalue weighted by atomic mass is 32.2. The van der Waals surface area contributed by atoms with Crippen molar-refractivity contribution in [3.63, 3.8) is 0 Å². The summed E-state index contributed by atoms with van der Waals surface area (Å²) < 4.78 is 5.62. The van der Waals surface area contributed by atoms with Crippen molar-refractivity contribution in [2.24, 2.45) is 4.99 Å². The van der Waals surface area contributed by atoms with Crippen molar-refractivity contribution in [3.8, 4) is 15.6 Å². The number of hydrogen-bond acceptors (Lipinski definition) is 7. The van der Waals surface area contributed by atoms with Crippen LogP contribution in [0.3, 0.4) is 0 Å². The second kappa shape index (κ2) is 4.88. The Morgan fingerprint density at radius 3 is 3.19 bits per heavy atom. The van der Waals surface area contributed by atoms with Crippen LogP contribution in [0.2, 0.25) is 0 Å². The van der Waals surface area contributed by atoms with Crippen molar-refractivity contribution in [3.05, 3.63) is 17.8 Å². The van der Waals surface area contributed by atoms with Gasteiger partial charge in [-0.3, -0.25) is 4.99 Å². The van der Waals surface area contributed by atoms with Gasteiger partial charge in [0.2, 0.25) is 0 Å². The summed E-state index contributed by atoms with van der Waals surface area (Å²) in [7, 11) is 0. The molecule has 0 amide bonds. The van der Waals surface area contributed by atoms with Crippen LogP contribution in [0.5, 0.6) is 5.06 Å². The molecule has 108 valence electrons. The Bertz CT molecular complexity index is 688. The first-order valence-electron chi connectivity index (χ1n) is 6.46. The van der Waals surface area contributed by atoms with E-state index in [1.807, 2.05) is 12.1 Å². The van der Waals surface area contributed by atoms with E-state index in [2.05, 4.69) is 15.3 Å². The lowest BCUT2D eigenvalue weighted by Gasteiger charge is -2.18. The molecule has 0 saturated heterocycles. The number of rotatable bonds is 2. The highest BCUT2D eigenvalue weighted by Crippen LogP contribution is 2.41. The number of carboxylic acid groups (broad SMARTS) is 1. The van der Waals surface area contributed by atoms with Gasteiger partial charge in [0.15, 0.2) is 11.1 Å². The first-order chi connectivity index (χ1) is 10.2. The molecular weight excluding hydrogens is 310 g/mol. The molecule has 4 rings (SSSR count). The standard InChI is InChI=1S/C13H11N3O3S2/c17-12(18)9-5-20-11(16-9)7-3-6-4-8-13(19-2-1-14-8)21-10(6)15-7/h3-4,9,14H,1-2,5H2,(H,17,18). The van der Waals surface area contributed by atoms with Crippen LogP contribution in [0.1, 0.15) is 5.69 Å². The van der Waals surface area contributed by atoms with Crippen molar-refractivity contribution >= 4 is 39.8 Å². The lowest BCUT2D eigenvalue weighted by molar-refractivity contribution is -0.137. The Morgan fingerprint density at radius 2 is 2.38 bits per heavy atom. The summed E-state index contributed by atoms with van der Waals surface area (Å²) >= 11 is 2.94. The van der Waals surface area contributed by atoms with E-state index in [0.717, 1.165) is 33.6 Å². The van der Waals surface area contributed by atoms with E-state index in [1.54, 1.807) is 0 Å². The molecule has 0 bridgehead atoms. The average molecular weight is 321 g/mol. The molecule has 2 N–H and O–H groups in total. The van der Waals surface area contributed by atoms with E-state index in [-0.39, 0.29) is 0 Å². The summed E-state index contributed by atoms with van der Waals surface area (Å²) in [4.78, 5) is 19.7. The summed E-state index contributed by atoms with van der Waals surface area (Å²) in [5, 5.41) is 14.7. The Morgan fingerprint density at radius 1 is 1.48 bits per heavy atom. The highest BCUT2D eigenvalue weighted by Gasteiger charge is 2.27. The fourth-order valence-electron chi connectivity index (χ4n) is 2.27. The first-order valence-corrected chi connectivity index (χ1v) is 8.26. The minimum atomic E-state index is -0.885. The Kier molecular flexibility index (Phi) is 3.00. The summed E-state index contributed by atoms with van der Waals surface area (Å²) in [5.74, 6) is -0.414. The average Bonchev–Trinajstić information content (AvgIpc) is 3.11. The predicted molar refractivity (Wildman–Crippen MR) is 83.1 cm³/mol. The molecule has 0 aromatic carbocycles. The number of aromatic nitrogens is 1. The third-order valence-corrected chi connectivity index (χ3v) is 5.39. The Balaban J connectivity index is 1.73. The second-order valence-corrected chi connectivity index (χ2v) is 6.69. The Labute approximate surface area is 128 Å². The zero-order chi connectivity index (χ0) is 14.4. The molecule has 6 nitrogen and oxygen atoms in total. The van der Waals surface area contributed by atoms with Crippen molar-refractivity contribution < 1.29 is 14.6 Å². The number of carbonyl (C=O) groups is 1. The number of ether oxygens (including phenoxy) is 1. The third kappa shape index (κ3) is 2.24. The Hall–Kier alpha value is -1.80. The SMILES string of the molecule is O=C(O)C1CSC(c2cc3cc4c(sc-3n2)OCCN4)=N1. The first kappa shape index (κ1) is 12.9. The molecule has 0 aromatic rings. The van der Waals surface area contributed by atoms with Gasteiger partial charge in [-0.15, -0.1) is 11.8 Å². The van der Waals surface area contributed by atoms with E-state index in [0.29, 0.717) is 17.4 Å². The lowest BCUT2D eigenvalue weighted by Crippen LogP contribution is -2.17. The largest absolute Gasteiger partial charge is 0.480 e. The monoisotopic (exact) mass is 321 g/mol. The van der Waals surface area contributed by atoms with Gasteiger partial charge in [-0.2, -0.15) is 0 Å². The van der Waals surface area contributed by atoms with Crippen molar-refractivity contribution in [1.82, 2.24) is 4.98 Å². The van der Waals surface area contributed by atoms with Crippen LogP contribution in [-0.4, -0.2) is 46.0 Å². The third-order valence-electron chi connectivity index (χ3n) is 3.28. The summed E-state index contributed by atoms with van der Waals surface area (Å²) in [6.07, 6.45) is 0. The molecule has 4 aliphatic heterocycles.